The lowest BCUT2D eigenvalue weighted by atomic mass is 10.1. The Morgan fingerprint density at radius 1 is 1.38 bits per heavy atom. The number of carboxylic acids is 1. The third-order valence-electron chi connectivity index (χ3n) is 3.10. The van der Waals surface area contributed by atoms with Gasteiger partial charge in [-0.3, -0.25) is 4.68 Å². The number of carboxylic acid groups (broad SMARTS) is 1. The zero-order valence-corrected chi connectivity index (χ0v) is 11.9. The summed E-state index contributed by atoms with van der Waals surface area (Å²) in [6.45, 7) is 5.23. The molecule has 0 aliphatic heterocycles. The van der Waals surface area contributed by atoms with E-state index in [4.69, 9.17) is 5.11 Å². The molecule has 6 nitrogen and oxygen atoms in total. The van der Waals surface area contributed by atoms with Crippen molar-refractivity contribution < 1.29 is 14.3 Å². The largest absolute Gasteiger partial charge is 0.476 e. The third-order valence-corrected chi connectivity index (χ3v) is 3.10. The van der Waals surface area contributed by atoms with Gasteiger partial charge in [-0.2, -0.15) is 0 Å². The minimum atomic E-state index is -1.09. The first-order valence-corrected chi connectivity index (χ1v) is 6.57. The molecule has 0 saturated carbocycles. The number of nitrogens with one attached hydrogen (secondary N) is 1. The van der Waals surface area contributed by atoms with E-state index in [1.54, 1.807) is 13.8 Å². The summed E-state index contributed by atoms with van der Waals surface area (Å²) in [6.07, 6.45) is 1.39. The quantitative estimate of drug-likeness (QED) is 0.789. The van der Waals surface area contributed by atoms with Crippen LogP contribution >= 0.6 is 0 Å². The van der Waals surface area contributed by atoms with Gasteiger partial charge in [0.05, 0.1) is 12.7 Å². The van der Waals surface area contributed by atoms with Crippen LogP contribution in [0, 0.1) is 19.7 Å². The first-order chi connectivity index (χ1) is 9.97. The van der Waals surface area contributed by atoms with Crippen LogP contribution in [0.4, 0.5) is 4.39 Å². The highest BCUT2D eigenvalue weighted by atomic mass is 19.1. The molecule has 0 aliphatic rings. The van der Waals surface area contributed by atoms with Crippen molar-refractivity contribution in [2.75, 3.05) is 6.54 Å². The normalized spacial score (nSPS) is 10.8. The summed E-state index contributed by atoms with van der Waals surface area (Å²) >= 11 is 0. The molecule has 0 bridgehead atoms. The smallest absolute Gasteiger partial charge is 0.358 e. The van der Waals surface area contributed by atoms with Gasteiger partial charge >= 0.3 is 5.97 Å². The third kappa shape index (κ3) is 3.85. The van der Waals surface area contributed by atoms with Crippen molar-refractivity contribution in [3.05, 3.63) is 46.5 Å². The number of hydrogen-bond donors (Lipinski definition) is 2. The molecule has 7 heteroatoms. The van der Waals surface area contributed by atoms with E-state index in [2.05, 4.69) is 15.6 Å². The van der Waals surface area contributed by atoms with Crippen molar-refractivity contribution in [1.82, 2.24) is 20.3 Å². The van der Waals surface area contributed by atoms with Crippen LogP contribution in [-0.2, 0) is 13.1 Å². The number of hydrogen-bond acceptors (Lipinski definition) is 4. The van der Waals surface area contributed by atoms with Crippen molar-refractivity contribution in [2.24, 2.45) is 0 Å². The summed E-state index contributed by atoms with van der Waals surface area (Å²) in [5.41, 5.74) is 2.21. The van der Waals surface area contributed by atoms with Crippen LogP contribution in [0.1, 0.15) is 27.2 Å². The van der Waals surface area contributed by atoms with Crippen molar-refractivity contribution in [3.8, 4) is 0 Å². The average Bonchev–Trinajstić information content (AvgIpc) is 2.90. The SMILES string of the molecule is Cc1cc(CNCCn2cc(C(=O)O)nn2)cc(C)c1F. The predicted molar refractivity (Wildman–Crippen MR) is 74.6 cm³/mol. The summed E-state index contributed by atoms with van der Waals surface area (Å²) in [4.78, 5) is 10.7. The number of rotatable bonds is 6. The first-order valence-electron chi connectivity index (χ1n) is 6.57. The minimum absolute atomic E-state index is 0.0696. The van der Waals surface area contributed by atoms with E-state index in [0.29, 0.717) is 30.8 Å². The highest BCUT2D eigenvalue weighted by molar-refractivity contribution is 5.84. The van der Waals surface area contributed by atoms with Gasteiger partial charge in [0.1, 0.15) is 5.82 Å². The van der Waals surface area contributed by atoms with Crippen LogP contribution in [0.3, 0.4) is 0 Å². The van der Waals surface area contributed by atoms with Gasteiger partial charge in [0.25, 0.3) is 0 Å². The highest BCUT2D eigenvalue weighted by Crippen LogP contribution is 2.14. The Balaban J connectivity index is 1.83. The van der Waals surface area contributed by atoms with E-state index >= 15 is 0 Å². The molecular formula is C14H17FN4O2. The molecule has 1 aromatic carbocycles. The molecule has 0 saturated heterocycles. The summed E-state index contributed by atoms with van der Waals surface area (Å²) < 4.78 is 15.0. The molecule has 2 N–H and O–H groups in total. The van der Waals surface area contributed by atoms with E-state index in [1.807, 2.05) is 12.1 Å². The Morgan fingerprint density at radius 3 is 2.62 bits per heavy atom. The van der Waals surface area contributed by atoms with Gasteiger partial charge in [-0.05, 0) is 30.5 Å². The maximum atomic E-state index is 13.5. The number of aromatic carboxylic acids is 1. The van der Waals surface area contributed by atoms with Gasteiger partial charge in [-0.1, -0.05) is 17.3 Å². The molecule has 1 aromatic heterocycles. The number of halogens is 1. The zero-order chi connectivity index (χ0) is 15.4. The highest BCUT2D eigenvalue weighted by Gasteiger charge is 2.08. The molecule has 2 aromatic rings. The summed E-state index contributed by atoms with van der Waals surface area (Å²) in [5, 5.41) is 19.2. The summed E-state index contributed by atoms with van der Waals surface area (Å²) in [6, 6.07) is 3.63. The van der Waals surface area contributed by atoms with Crippen LogP contribution in [0.5, 0.6) is 0 Å². The number of carbonyl (C=O) groups is 1. The van der Waals surface area contributed by atoms with Crippen LogP contribution in [0.15, 0.2) is 18.3 Å². The molecule has 112 valence electrons. The molecular weight excluding hydrogens is 275 g/mol. The molecule has 0 radical (unpaired) electrons. The van der Waals surface area contributed by atoms with Crippen LogP contribution in [-0.4, -0.2) is 32.6 Å². The van der Waals surface area contributed by atoms with E-state index < -0.39 is 5.97 Å². The lowest BCUT2D eigenvalue weighted by Crippen LogP contribution is -2.20. The maximum Gasteiger partial charge on any atom is 0.358 e. The second-order valence-electron chi connectivity index (χ2n) is 4.89. The topological polar surface area (TPSA) is 80.0 Å². The fourth-order valence-electron chi connectivity index (χ4n) is 2.07. The van der Waals surface area contributed by atoms with Gasteiger partial charge in [-0.25, -0.2) is 9.18 Å². The summed E-state index contributed by atoms with van der Waals surface area (Å²) in [7, 11) is 0. The Bertz CT molecular complexity index is 631. The van der Waals surface area contributed by atoms with E-state index in [0.717, 1.165) is 5.56 Å². The second-order valence-corrected chi connectivity index (χ2v) is 4.89. The fourth-order valence-corrected chi connectivity index (χ4v) is 2.07. The lowest BCUT2D eigenvalue weighted by Gasteiger charge is -2.08. The Morgan fingerprint density at radius 2 is 2.05 bits per heavy atom. The molecule has 0 amide bonds. The number of benzene rings is 1. The molecule has 0 unspecified atom stereocenters. The van der Waals surface area contributed by atoms with Gasteiger partial charge in [0.2, 0.25) is 0 Å². The van der Waals surface area contributed by atoms with Gasteiger partial charge in [-0.15, -0.1) is 5.10 Å². The molecule has 0 fully saturated rings. The van der Waals surface area contributed by atoms with E-state index in [1.165, 1.54) is 10.9 Å². The van der Waals surface area contributed by atoms with Gasteiger partial charge < -0.3 is 10.4 Å². The maximum absolute atomic E-state index is 13.5. The van der Waals surface area contributed by atoms with Crippen LogP contribution in [0.2, 0.25) is 0 Å². The Labute approximate surface area is 121 Å². The fraction of sp³-hybridized carbons (Fsp3) is 0.357. The first kappa shape index (κ1) is 15.1. The molecule has 0 spiro atoms. The van der Waals surface area contributed by atoms with Gasteiger partial charge in [0, 0.05) is 13.1 Å². The van der Waals surface area contributed by atoms with Crippen molar-refractivity contribution in [1.29, 1.82) is 0 Å². The second kappa shape index (κ2) is 6.45. The Hall–Kier alpha value is -2.28. The van der Waals surface area contributed by atoms with Gasteiger partial charge in [0.15, 0.2) is 5.69 Å². The average molecular weight is 292 g/mol. The van der Waals surface area contributed by atoms with Crippen LogP contribution < -0.4 is 5.32 Å². The number of aryl methyl sites for hydroxylation is 2. The monoisotopic (exact) mass is 292 g/mol. The van der Waals surface area contributed by atoms with Crippen molar-refractivity contribution in [3.63, 3.8) is 0 Å². The lowest BCUT2D eigenvalue weighted by molar-refractivity contribution is 0.0690. The van der Waals surface area contributed by atoms with Crippen LogP contribution in [0.25, 0.3) is 0 Å². The van der Waals surface area contributed by atoms with Crippen molar-refractivity contribution in [2.45, 2.75) is 26.9 Å². The number of nitrogens with zero attached hydrogens (tertiary/aromatic N) is 3. The van der Waals surface area contributed by atoms with Crippen molar-refractivity contribution >= 4 is 5.97 Å². The molecule has 0 aliphatic carbocycles. The standard InChI is InChI=1S/C14H17FN4O2/c1-9-5-11(6-10(2)13(9)15)7-16-3-4-19-8-12(14(20)21)17-18-19/h5-6,8,16H,3-4,7H2,1-2H3,(H,20,21). The molecule has 1 heterocycles. The Kier molecular flexibility index (Phi) is 4.64. The van der Waals surface area contributed by atoms with E-state index in [-0.39, 0.29) is 11.5 Å². The predicted octanol–water partition coefficient (Wildman–Crippen LogP) is 1.52. The van der Waals surface area contributed by atoms with E-state index in [9.17, 15) is 9.18 Å². The number of aromatic nitrogens is 3. The summed E-state index contributed by atoms with van der Waals surface area (Å²) in [5.74, 6) is -1.26. The minimum Gasteiger partial charge on any atom is -0.476 e. The molecule has 21 heavy (non-hydrogen) atoms. The molecule has 2 rings (SSSR count). The zero-order valence-electron chi connectivity index (χ0n) is 11.9. The molecule has 0 atom stereocenters.